The molecule has 4 nitrogen and oxygen atoms in total. The van der Waals surface area contributed by atoms with Gasteiger partial charge in [-0.25, -0.2) is 0 Å². The van der Waals surface area contributed by atoms with Gasteiger partial charge in [0.15, 0.2) is 0 Å². The Balaban J connectivity index is 2.76. The highest BCUT2D eigenvalue weighted by Crippen LogP contribution is 2.21. The Morgan fingerprint density at radius 2 is 2.40 bits per heavy atom. The fourth-order valence-corrected chi connectivity index (χ4v) is 1.81. The maximum absolute atomic E-state index is 10.4. The molecule has 1 aromatic heterocycles. The van der Waals surface area contributed by atoms with E-state index in [0.29, 0.717) is 18.7 Å². The molecule has 1 rings (SSSR count). The highest BCUT2D eigenvalue weighted by Gasteiger charge is 2.09. The van der Waals surface area contributed by atoms with Crippen LogP contribution in [-0.2, 0) is 11.3 Å². The molecule has 0 aliphatic rings. The number of hydrogen-bond donors (Lipinski definition) is 1. The lowest BCUT2D eigenvalue weighted by Gasteiger charge is -2.06. The first-order chi connectivity index (χ1) is 7.06. The molecule has 0 saturated carbocycles. The third-order valence-electron chi connectivity index (χ3n) is 2.19. The van der Waals surface area contributed by atoms with E-state index in [-0.39, 0.29) is 6.42 Å². The van der Waals surface area contributed by atoms with Crippen LogP contribution in [0.1, 0.15) is 24.2 Å². The number of carboxylic acids is 1. The molecule has 0 bridgehead atoms. The molecule has 5 heteroatoms. The molecular weight excluding hydrogens is 260 g/mol. The Bertz CT molecular complexity index is 418. The topological polar surface area (TPSA) is 66.0 Å². The summed E-state index contributed by atoms with van der Waals surface area (Å²) in [5, 5.41) is 17.4. The molecule has 0 unspecified atom stereocenters. The smallest absolute Gasteiger partial charge is 0.303 e. The molecule has 0 aromatic carbocycles. The van der Waals surface area contributed by atoms with Crippen LogP contribution < -0.4 is 0 Å². The largest absolute Gasteiger partial charge is 0.481 e. The van der Waals surface area contributed by atoms with Crippen molar-refractivity contribution in [2.45, 2.75) is 26.3 Å². The molecule has 0 fully saturated rings. The van der Waals surface area contributed by atoms with Gasteiger partial charge in [-0.3, -0.25) is 4.79 Å². The molecule has 15 heavy (non-hydrogen) atoms. The van der Waals surface area contributed by atoms with E-state index in [9.17, 15) is 4.79 Å². The number of halogens is 1. The number of nitriles is 1. The zero-order valence-electron chi connectivity index (χ0n) is 8.33. The lowest BCUT2D eigenvalue weighted by atomic mass is 10.3. The maximum Gasteiger partial charge on any atom is 0.303 e. The standard InChI is InChI=1S/C10H11BrN2O2/c1-7-9(11)5-8(6-12)13(7)4-2-3-10(14)15/h5H,2-4H2,1H3,(H,14,15). The molecule has 0 atom stereocenters. The lowest BCUT2D eigenvalue weighted by Crippen LogP contribution is -2.05. The number of aliphatic carboxylic acids is 1. The average molecular weight is 271 g/mol. The van der Waals surface area contributed by atoms with Crippen molar-refractivity contribution in [1.82, 2.24) is 4.57 Å². The zero-order valence-corrected chi connectivity index (χ0v) is 9.91. The summed E-state index contributed by atoms with van der Waals surface area (Å²) < 4.78 is 2.71. The fourth-order valence-electron chi connectivity index (χ4n) is 1.38. The predicted octanol–water partition coefficient (Wildman–Crippen LogP) is 2.30. The first-order valence-corrected chi connectivity index (χ1v) is 5.33. The van der Waals surface area contributed by atoms with Gasteiger partial charge in [-0.15, -0.1) is 0 Å². The fraction of sp³-hybridized carbons (Fsp3) is 0.400. The van der Waals surface area contributed by atoms with Crippen molar-refractivity contribution >= 4 is 21.9 Å². The summed E-state index contributed by atoms with van der Waals surface area (Å²) in [4.78, 5) is 10.4. The van der Waals surface area contributed by atoms with Crippen molar-refractivity contribution in [2.75, 3.05) is 0 Å². The maximum atomic E-state index is 10.4. The van der Waals surface area contributed by atoms with Crippen LogP contribution >= 0.6 is 15.9 Å². The third-order valence-corrected chi connectivity index (χ3v) is 2.99. The first kappa shape index (κ1) is 11.8. The Hall–Kier alpha value is -1.28. The van der Waals surface area contributed by atoms with E-state index < -0.39 is 5.97 Å². The van der Waals surface area contributed by atoms with Gasteiger partial charge in [0.25, 0.3) is 0 Å². The molecule has 80 valence electrons. The number of carbonyl (C=O) groups is 1. The van der Waals surface area contributed by atoms with E-state index in [1.54, 1.807) is 6.07 Å². The second kappa shape index (κ2) is 4.99. The van der Waals surface area contributed by atoms with E-state index in [4.69, 9.17) is 10.4 Å². The summed E-state index contributed by atoms with van der Waals surface area (Å²) >= 11 is 3.34. The van der Waals surface area contributed by atoms with Gasteiger partial charge in [-0.05, 0) is 35.3 Å². The van der Waals surface area contributed by atoms with Crippen LogP contribution in [0.2, 0.25) is 0 Å². The van der Waals surface area contributed by atoms with Crippen LogP contribution in [0.5, 0.6) is 0 Å². The van der Waals surface area contributed by atoms with Crippen molar-refractivity contribution in [3.8, 4) is 6.07 Å². The van der Waals surface area contributed by atoms with E-state index in [2.05, 4.69) is 22.0 Å². The van der Waals surface area contributed by atoms with Crippen LogP contribution in [0, 0.1) is 18.3 Å². The molecule has 0 saturated heterocycles. The van der Waals surface area contributed by atoms with E-state index >= 15 is 0 Å². The van der Waals surface area contributed by atoms with Gasteiger partial charge in [-0.2, -0.15) is 5.26 Å². The minimum atomic E-state index is -0.808. The van der Waals surface area contributed by atoms with Gasteiger partial charge in [-0.1, -0.05) is 0 Å². The van der Waals surface area contributed by atoms with Crippen LogP contribution in [0.4, 0.5) is 0 Å². The van der Waals surface area contributed by atoms with E-state index in [0.717, 1.165) is 10.2 Å². The van der Waals surface area contributed by atoms with Gasteiger partial charge in [0.2, 0.25) is 0 Å². The normalized spacial score (nSPS) is 9.93. The second-order valence-electron chi connectivity index (χ2n) is 3.22. The monoisotopic (exact) mass is 270 g/mol. The van der Waals surface area contributed by atoms with Crippen LogP contribution in [-0.4, -0.2) is 15.6 Å². The van der Waals surface area contributed by atoms with Gasteiger partial charge in [0, 0.05) is 23.1 Å². The van der Waals surface area contributed by atoms with Crippen molar-refractivity contribution in [1.29, 1.82) is 5.26 Å². The van der Waals surface area contributed by atoms with Gasteiger partial charge < -0.3 is 9.67 Å². The SMILES string of the molecule is Cc1c(Br)cc(C#N)n1CCCC(=O)O. The number of carboxylic acid groups (broad SMARTS) is 1. The van der Waals surface area contributed by atoms with E-state index in [1.807, 2.05) is 11.5 Å². The van der Waals surface area contributed by atoms with E-state index in [1.165, 1.54) is 0 Å². The zero-order chi connectivity index (χ0) is 11.4. The number of nitrogens with zero attached hydrogens (tertiary/aromatic N) is 2. The Kier molecular flexibility index (Phi) is 3.92. The summed E-state index contributed by atoms with van der Waals surface area (Å²) in [6, 6.07) is 3.83. The summed E-state index contributed by atoms with van der Waals surface area (Å²) in [7, 11) is 0. The van der Waals surface area contributed by atoms with Gasteiger partial charge >= 0.3 is 5.97 Å². The molecular formula is C10H11BrN2O2. The van der Waals surface area contributed by atoms with Gasteiger partial charge in [0.1, 0.15) is 11.8 Å². The highest BCUT2D eigenvalue weighted by atomic mass is 79.9. The molecule has 0 aliphatic heterocycles. The van der Waals surface area contributed by atoms with Crippen molar-refractivity contribution in [2.24, 2.45) is 0 Å². The van der Waals surface area contributed by atoms with Crippen LogP contribution in [0.25, 0.3) is 0 Å². The molecule has 0 spiro atoms. The quantitative estimate of drug-likeness (QED) is 0.913. The predicted molar refractivity (Wildman–Crippen MR) is 58.5 cm³/mol. The summed E-state index contributed by atoms with van der Waals surface area (Å²) in [6.07, 6.45) is 0.659. The van der Waals surface area contributed by atoms with Crippen molar-refractivity contribution < 1.29 is 9.90 Å². The summed E-state index contributed by atoms with van der Waals surface area (Å²) in [6.45, 7) is 2.46. The first-order valence-electron chi connectivity index (χ1n) is 4.53. The molecule has 0 amide bonds. The molecule has 1 heterocycles. The molecule has 1 N–H and O–H groups in total. The summed E-state index contributed by atoms with van der Waals surface area (Å²) in [5.74, 6) is -0.808. The van der Waals surface area contributed by atoms with Gasteiger partial charge in [0.05, 0.1) is 0 Å². The lowest BCUT2D eigenvalue weighted by molar-refractivity contribution is -0.137. The molecule has 1 aromatic rings. The Morgan fingerprint density at radius 3 is 2.93 bits per heavy atom. The minimum Gasteiger partial charge on any atom is -0.481 e. The Morgan fingerprint density at radius 1 is 1.73 bits per heavy atom. The highest BCUT2D eigenvalue weighted by molar-refractivity contribution is 9.10. The number of rotatable bonds is 4. The van der Waals surface area contributed by atoms with Crippen LogP contribution in [0.15, 0.2) is 10.5 Å². The number of aromatic nitrogens is 1. The molecule has 0 radical (unpaired) electrons. The summed E-state index contributed by atoms with van der Waals surface area (Å²) in [5.41, 5.74) is 1.52. The van der Waals surface area contributed by atoms with Crippen LogP contribution in [0.3, 0.4) is 0 Å². The van der Waals surface area contributed by atoms with Crippen molar-refractivity contribution in [3.05, 3.63) is 21.9 Å². The van der Waals surface area contributed by atoms with Crippen molar-refractivity contribution in [3.63, 3.8) is 0 Å². The average Bonchev–Trinajstić information content (AvgIpc) is 2.44. The second-order valence-corrected chi connectivity index (χ2v) is 4.08. The minimum absolute atomic E-state index is 0.125. The third kappa shape index (κ3) is 2.83. The number of hydrogen-bond acceptors (Lipinski definition) is 2. The Labute approximate surface area is 96.3 Å². The molecule has 0 aliphatic carbocycles.